The van der Waals surface area contributed by atoms with E-state index in [4.69, 9.17) is 4.74 Å². The SMILES string of the molecule is CN=C(NCCN(C(C)C)C(C)C)N1CCC2(CCOC2)C1. The van der Waals surface area contributed by atoms with Crippen molar-refractivity contribution in [3.05, 3.63) is 0 Å². The highest BCUT2D eigenvalue weighted by Crippen LogP contribution is 2.38. The fraction of sp³-hybridized carbons (Fsp3) is 0.941. The molecule has 1 spiro atoms. The maximum Gasteiger partial charge on any atom is 0.193 e. The summed E-state index contributed by atoms with van der Waals surface area (Å²) in [7, 11) is 1.89. The van der Waals surface area contributed by atoms with Gasteiger partial charge in [0.15, 0.2) is 5.96 Å². The summed E-state index contributed by atoms with van der Waals surface area (Å²) in [5.41, 5.74) is 0.388. The van der Waals surface area contributed by atoms with E-state index >= 15 is 0 Å². The summed E-state index contributed by atoms with van der Waals surface area (Å²) >= 11 is 0. The fourth-order valence-corrected chi connectivity index (χ4v) is 3.83. The van der Waals surface area contributed by atoms with Gasteiger partial charge in [-0.3, -0.25) is 9.89 Å². The van der Waals surface area contributed by atoms with Crippen LogP contribution in [-0.4, -0.2) is 74.3 Å². The van der Waals surface area contributed by atoms with Crippen molar-refractivity contribution in [2.24, 2.45) is 10.4 Å². The number of nitrogens with one attached hydrogen (secondary N) is 1. The first-order chi connectivity index (χ1) is 10.5. The van der Waals surface area contributed by atoms with Crippen LogP contribution >= 0.6 is 0 Å². The Morgan fingerprint density at radius 1 is 1.27 bits per heavy atom. The number of likely N-dealkylation sites (tertiary alicyclic amines) is 1. The fourth-order valence-electron chi connectivity index (χ4n) is 3.83. The molecule has 1 atom stereocenters. The molecule has 2 heterocycles. The van der Waals surface area contributed by atoms with E-state index in [-0.39, 0.29) is 0 Å². The third kappa shape index (κ3) is 4.13. The monoisotopic (exact) mass is 310 g/mol. The molecule has 0 aromatic carbocycles. The Labute approximate surface area is 136 Å². The summed E-state index contributed by atoms with van der Waals surface area (Å²) < 4.78 is 5.62. The lowest BCUT2D eigenvalue weighted by Gasteiger charge is -2.31. The summed E-state index contributed by atoms with van der Waals surface area (Å²) in [6.45, 7) is 15.1. The van der Waals surface area contributed by atoms with Gasteiger partial charge in [-0.15, -0.1) is 0 Å². The van der Waals surface area contributed by atoms with Crippen molar-refractivity contribution in [1.82, 2.24) is 15.1 Å². The van der Waals surface area contributed by atoms with Gasteiger partial charge in [0, 0.05) is 57.3 Å². The lowest BCUT2D eigenvalue weighted by molar-refractivity contribution is 0.156. The molecule has 0 aromatic heterocycles. The summed E-state index contributed by atoms with van der Waals surface area (Å²) in [6, 6.07) is 1.16. The molecule has 1 unspecified atom stereocenters. The van der Waals surface area contributed by atoms with E-state index in [9.17, 15) is 0 Å². The molecule has 0 saturated carbocycles. The van der Waals surface area contributed by atoms with Crippen molar-refractivity contribution < 1.29 is 4.74 Å². The summed E-state index contributed by atoms with van der Waals surface area (Å²) in [5.74, 6) is 1.05. The molecule has 22 heavy (non-hydrogen) atoms. The quantitative estimate of drug-likeness (QED) is 0.621. The first kappa shape index (κ1) is 17.5. The first-order valence-electron chi connectivity index (χ1n) is 8.76. The summed E-state index contributed by atoms with van der Waals surface area (Å²) in [5, 5.41) is 3.55. The number of rotatable bonds is 5. The van der Waals surface area contributed by atoms with Gasteiger partial charge in [0.2, 0.25) is 0 Å². The van der Waals surface area contributed by atoms with Crippen LogP contribution < -0.4 is 5.32 Å². The summed E-state index contributed by atoms with van der Waals surface area (Å²) in [6.07, 6.45) is 2.44. The number of guanidine groups is 1. The first-order valence-corrected chi connectivity index (χ1v) is 8.76. The molecule has 5 heteroatoms. The van der Waals surface area contributed by atoms with Crippen LogP contribution in [-0.2, 0) is 4.74 Å². The zero-order chi connectivity index (χ0) is 16.2. The zero-order valence-corrected chi connectivity index (χ0v) is 15.1. The molecule has 2 aliphatic heterocycles. The van der Waals surface area contributed by atoms with E-state index in [1.807, 2.05) is 7.05 Å². The summed E-state index contributed by atoms with van der Waals surface area (Å²) in [4.78, 5) is 9.40. The van der Waals surface area contributed by atoms with Gasteiger partial charge in [0.25, 0.3) is 0 Å². The Bertz CT molecular complexity index is 367. The van der Waals surface area contributed by atoms with Gasteiger partial charge in [-0.25, -0.2) is 0 Å². The predicted molar refractivity (Wildman–Crippen MR) is 92.4 cm³/mol. The van der Waals surface area contributed by atoms with Crippen molar-refractivity contribution >= 4 is 5.96 Å². The van der Waals surface area contributed by atoms with Gasteiger partial charge in [-0.05, 0) is 40.5 Å². The van der Waals surface area contributed by atoms with Gasteiger partial charge in [-0.2, -0.15) is 0 Å². The molecule has 2 fully saturated rings. The second-order valence-corrected chi connectivity index (χ2v) is 7.37. The zero-order valence-electron chi connectivity index (χ0n) is 15.1. The van der Waals surface area contributed by atoms with E-state index in [2.05, 4.69) is 47.8 Å². The molecule has 128 valence electrons. The molecule has 0 bridgehead atoms. The second-order valence-electron chi connectivity index (χ2n) is 7.37. The molecule has 0 aromatic rings. The van der Waals surface area contributed by atoms with Crippen LogP contribution in [0.25, 0.3) is 0 Å². The van der Waals surface area contributed by atoms with Crippen LogP contribution in [0.1, 0.15) is 40.5 Å². The van der Waals surface area contributed by atoms with Crippen molar-refractivity contribution in [2.45, 2.75) is 52.6 Å². The molecule has 1 N–H and O–H groups in total. The maximum absolute atomic E-state index is 5.62. The maximum atomic E-state index is 5.62. The lowest BCUT2D eigenvalue weighted by Crippen LogP contribution is -2.46. The lowest BCUT2D eigenvalue weighted by atomic mass is 9.87. The minimum atomic E-state index is 0.388. The Hall–Kier alpha value is -0.810. The Morgan fingerprint density at radius 2 is 2.00 bits per heavy atom. The Balaban J connectivity index is 1.81. The van der Waals surface area contributed by atoms with Gasteiger partial charge in [0.05, 0.1) is 6.61 Å². The highest BCUT2D eigenvalue weighted by atomic mass is 16.5. The number of hydrogen-bond donors (Lipinski definition) is 1. The van der Waals surface area contributed by atoms with Crippen LogP contribution in [0.2, 0.25) is 0 Å². The number of ether oxygens (including phenoxy) is 1. The molecule has 2 saturated heterocycles. The van der Waals surface area contributed by atoms with Crippen molar-refractivity contribution in [2.75, 3.05) is 46.4 Å². The van der Waals surface area contributed by atoms with E-state index in [1.54, 1.807) is 0 Å². The minimum Gasteiger partial charge on any atom is -0.381 e. The van der Waals surface area contributed by atoms with E-state index in [1.165, 1.54) is 12.8 Å². The molecule has 2 rings (SSSR count). The molecular weight excluding hydrogens is 276 g/mol. The molecule has 0 aliphatic carbocycles. The molecule has 2 aliphatic rings. The average Bonchev–Trinajstić information content (AvgIpc) is 3.09. The van der Waals surface area contributed by atoms with E-state index in [0.717, 1.165) is 45.4 Å². The third-order valence-corrected chi connectivity index (χ3v) is 5.11. The second kappa shape index (κ2) is 7.64. The van der Waals surface area contributed by atoms with Crippen LogP contribution in [0.3, 0.4) is 0 Å². The number of aliphatic imine (C=N–C) groups is 1. The largest absolute Gasteiger partial charge is 0.381 e. The Morgan fingerprint density at radius 3 is 2.55 bits per heavy atom. The van der Waals surface area contributed by atoms with E-state index < -0.39 is 0 Å². The van der Waals surface area contributed by atoms with Crippen LogP contribution in [0.4, 0.5) is 0 Å². The third-order valence-electron chi connectivity index (χ3n) is 5.11. The smallest absolute Gasteiger partial charge is 0.193 e. The normalized spacial score (nSPS) is 26.2. The van der Waals surface area contributed by atoms with Gasteiger partial charge < -0.3 is 15.0 Å². The molecule has 0 radical (unpaired) electrons. The molecule has 5 nitrogen and oxygen atoms in total. The van der Waals surface area contributed by atoms with Crippen molar-refractivity contribution in [3.8, 4) is 0 Å². The highest BCUT2D eigenvalue weighted by molar-refractivity contribution is 5.80. The van der Waals surface area contributed by atoms with Gasteiger partial charge in [0.1, 0.15) is 0 Å². The number of nitrogens with zero attached hydrogens (tertiary/aromatic N) is 3. The topological polar surface area (TPSA) is 40.1 Å². The van der Waals surface area contributed by atoms with E-state index in [0.29, 0.717) is 17.5 Å². The standard InChI is InChI=1S/C17H34N4O/c1-14(2)21(15(3)4)10-8-19-16(18-5)20-9-6-17(12-20)7-11-22-13-17/h14-15H,6-13H2,1-5H3,(H,18,19). The van der Waals surface area contributed by atoms with Crippen LogP contribution in [0, 0.1) is 5.41 Å². The average molecular weight is 310 g/mol. The van der Waals surface area contributed by atoms with Crippen LogP contribution in [0.15, 0.2) is 4.99 Å². The number of hydrogen-bond acceptors (Lipinski definition) is 3. The van der Waals surface area contributed by atoms with Crippen LogP contribution in [0.5, 0.6) is 0 Å². The minimum absolute atomic E-state index is 0.388. The molecular formula is C17H34N4O. The van der Waals surface area contributed by atoms with Crippen molar-refractivity contribution in [3.63, 3.8) is 0 Å². The van der Waals surface area contributed by atoms with Gasteiger partial charge in [-0.1, -0.05) is 0 Å². The highest BCUT2D eigenvalue weighted by Gasteiger charge is 2.42. The van der Waals surface area contributed by atoms with Crippen molar-refractivity contribution in [1.29, 1.82) is 0 Å². The Kier molecular flexibility index (Phi) is 6.09. The van der Waals surface area contributed by atoms with Gasteiger partial charge >= 0.3 is 0 Å². The molecule has 0 amide bonds. The predicted octanol–water partition coefficient (Wildman–Crippen LogP) is 1.79.